The molecular weight excluding hydrogens is 282 g/mol. The molecule has 1 unspecified atom stereocenters. The van der Waals surface area contributed by atoms with Gasteiger partial charge in [0, 0.05) is 17.7 Å². The van der Waals surface area contributed by atoms with Gasteiger partial charge in [0.15, 0.2) is 11.8 Å². The molecule has 0 saturated heterocycles. The van der Waals surface area contributed by atoms with Crippen molar-refractivity contribution in [1.29, 1.82) is 0 Å². The van der Waals surface area contributed by atoms with Crippen LogP contribution in [0.1, 0.15) is 37.8 Å². The minimum atomic E-state index is -0.852. The van der Waals surface area contributed by atoms with Crippen LogP contribution in [0.5, 0.6) is 11.8 Å². The SMILES string of the molecule is CC(C(=O)O)c1ccc(CC(C)(C)n2c(O)ccc2O)cc1. The van der Waals surface area contributed by atoms with Gasteiger partial charge in [-0.3, -0.25) is 9.36 Å². The second-order valence-corrected chi connectivity index (χ2v) is 6.18. The van der Waals surface area contributed by atoms with Gasteiger partial charge in [0.25, 0.3) is 0 Å². The second-order valence-electron chi connectivity index (χ2n) is 6.18. The molecule has 0 bridgehead atoms. The number of benzene rings is 1. The van der Waals surface area contributed by atoms with Gasteiger partial charge in [-0.2, -0.15) is 0 Å². The molecule has 1 aromatic carbocycles. The highest BCUT2D eigenvalue weighted by atomic mass is 16.4. The Hall–Kier alpha value is -2.43. The van der Waals surface area contributed by atoms with E-state index in [1.807, 2.05) is 26.0 Å². The topological polar surface area (TPSA) is 82.7 Å². The van der Waals surface area contributed by atoms with Crippen molar-refractivity contribution in [3.05, 3.63) is 47.5 Å². The molecule has 2 aromatic rings. The van der Waals surface area contributed by atoms with Crippen molar-refractivity contribution in [1.82, 2.24) is 4.57 Å². The number of aromatic hydroxyl groups is 2. The quantitative estimate of drug-likeness (QED) is 0.792. The Bertz CT molecular complexity index is 651. The van der Waals surface area contributed by atoms with Gasteiger partial charge in [0.2, 0.25) is 0 Å². The summed E-state index contributed by atoms with van der Waals surface area (Å²) in [4.78, 5) is 11.0. The molecule has 118 valence electrons. The van der Waals surface area contributed by atoms with Crippen LogP contribution >= 0.6 is 0 Å². The molecule has 0 aliphatic rings. The van der Waals surface area contributed by atoms with Crippen LogP contribution in [0.15, 0.2) is 36.4 Å². The molecule has 1 atom stereocenters. The van der Waals surface area contributed by atoms with Crippen molar-refractivity contribution in [2.75, 3.05) is 0 Å². The van der Waals surface area contributed by atoms with Gasteiger partial charge in [-0.15, -0.1) is 0 Å². The zero-order valence-electron chi connectivity index (χ0n) is 12.9. The highest BCUT2D eigenvalue weighted by molar-refractivity contribution is 5.75. The number of nitrogens with zero attached hydrogens (tertiary/aromatic N) is 1. The fourth-order valence-corrected chi connectivity index (χ4v) is 2.68. The summed E-state index contributed by atoms with van der Waals surface area (Å²) in [5.74, 6) is -1.37. The molecule has 22 heavy (non-hydrogen) atoms. The molecular formula is C17H21NO4. The van der Waals surface area contributed by atoms with Gasteiger partial charge in [0.1, 0.15) is 0 Å². The predicted octanol–water partition coefficient (Wildman–Crippen LogP) is 3.07. The molecule has 0 aliphatic carbocycles. The fourth-order valence-electron chi connectivity index (χ4n) is 2.68. The van der Waals surface area contributed by atoms with E-state index in [1.54, 1.807) is 19.1 Å². The van der Waals surface area contributed by atoms with Crippen molar-refractivity contribution in [2.24, 2.45) is 0 Å². The number of carboxylic acids is 1. The Balaban J connectivity index is 2.22. The average Bonchev–Trinajstić information content (AvgIpc) is 2.78. The minimum absolute atomic E-state index is 0.0126. The molecule has 0 amide bonds. The number of carboxylic acid groups (broad SMARTS) is 1. The van der Waals surface area contributed by atoms with Crippen molar-refractivity contribution in [3.8, 4) is 11.8 Å². The van der Waals surface area contributed by atoms with Gasteiger partial charge in [-0.1, -0.05) is 24.3 Å². The molecule has 0 aliphatic heterocycles. The molecule has 5 nitrogen and oxygen atoms in total. The molecule has 0 spiro atoms. The van der Waals surface area contributed by atoms with Crippen LogP contribution in [0.4, 0.5) is 0 Å². The smallest absolute Gasteiger partial charge is 0.310 e. The van der Waals surface area contributed by atoms with E-state index in [2.05, 4.69) is 0 Å². The van der Waals surface area contributed by atoms with E-state index in [0.29, 0.717) is 6.42 Å². The van der Waals surface area contributed by atoms with Gasteiger partial charge >= 0.3 is 5.97 Å². The lowest BCUT2D eigenvalue weighted by molar-refractivity contribution is -0.138. The first-order chi connectivity index (χ1) is 10.2. The summed E-state index contributed by atoms with van der Waals surface area (Å²) in [6, 6.07) is 10.3. The zero-order valence-corrected chi connectivity index (χ0v) is 12.9. The number of hydrogen-bond acceptors (Lipinski definition) is 3. The number of aliphatic carboxylic acids is 1. The Morgan fingerprint density at radius 3 is 2.05 bits per heavy atom. The van der Waals surface area contributed by atoms with Crippen molar-refractivity contribution < 1.29 is 20.1 Å². The number of aromatic nitrogens is 1. The Morgan fingerprint density at radius 1 is 1.09 bits per heavy atom. The Labute approximate surface area is 129 Å². The summed E-state index contributed by atoms with van der Waals surface area (Å²) in [7, 11) is 0. The standard InChI is InChI=1S/C17H21NO4/c1-11(16(21)22)13-6-4-12(5-7-13)10-17(2,3)18-14(19)8-9-15(18)20/h4-9,11,19-20H,10H2,1-3H3,(H,21,22). The molecule has 5 heteroatoms. The Morgan fingerprint density at radius 2 is 1.59 bits per heavy atom. The lowest BCUT2D eigenvalue weighted by atomic mass is 9.92. The van der Waals surface area contributed by atoms with Crippen LogP contribution in [0.3, 0.4) is 0 Å². The first-order valence-corrected chi connectivity index (χ1v) is 7.14. The molecule has 2 rings (SSSR count). The lowest BCUT2D eigenvalue weighted by Crippen LogP contribution is -2.28. The van der Waals surface area contributed by atoms with Crippen LogP contribution in [0.2, 0.25) is 0 Å². The largest absolute Gasteiger partial charge is 0.494 e. The lowest BCUT2D eigenvalue weighted by Gasteiger charge is -2.28. The first kappa shape index (κ1) is 15.9. The monoisotopic (exact) mass is 303 g/mol. The molecule has 0 fully saturated rings. The maximum Gasteiger partial charge on any atom is 0.310 e. The van der Waals surface area contributed by atoms with Crippen molar-refractivity contribution in [3.63, 3.8) is 0 Å². The van der Waals surface area contributed by atoms with Crippen LogP contribution in [0, 0.1) is 0 Å². The molecule has 0 radical (unpaired) electrons. The highest BCUT2D eigenvalue weighted by Gasteiger charge is 2.26. The summed E-state index contributed by atoms with van der Waals surface area (Å²) in [5.41, 5.74) is 1.23. The molecule has 1 aromatic heterocycles. The van der Waals surface area contributed by atoms with Gasteiger partial charge in [-0.25, -0.2) is 0 Å². The van der Waals surface area contributed by atoms with Crippen LogP contribution < -0.4 is 0 Å². The normalized spacial score (nSPS) is 13.0. The van der Waals surface area contributed by atoms with E-state index in [0.717, 1.165) is 11.1 Å². The first-order valence-electron chi connectivity index (χ1n) is 7.14. The van der Waals surface area contributed by atoms with E-state index in [1.165, 1.54) is 16.7 Å². The van der Waals surface area contributed by atoms with Crippen LogP contribution in [-0.2, 0) is 16.8 Å². The maximum absolute atomic E-state index is 11.0. The van der Waals surface area contributed by atoms with Crippen molar-refractivity contribution >= 4 is 5.97 Å². The van der Waals surface area contributed by atoms with Gasteiger partial charge in [0.05, 0.1) is 5.92 Å². The van der Waals surface area contributed by atoms with E-state index in [4.69, 9.17) is 5.11 Å². The summed E-state index contributed by atoms with van der Waals surface area (Å²) in [5, 5.41) is 28.7. The summed E-state index contributed by atoms with van der Waals surface area (Å²) in [6.07, 6.45) is 0.588. The van der Waals surface area contributed by atoms with E-state index >= 15 is 0 Å². The zero-order chi connectivity index (χ0) is 16.5. The molecule has 0 saturated carbocycles. The second kappa shape index (κ2) is 5.75. The number of rotatable bonds is 5. The van der Waals surface area contributed by atoms with Gasteiger partial charge < -0.3 is 15.3 Å². The third-order valence-corrected chi connectivity index (χ3v) is 3.93. The van der Waals surface area contributed by atoms with Crippen LogP contribution in [-0.4, -0.2) is 25.9 Å². The maximum atomic E-state index is 11.0. The van der Waals surface area contributed by atoms with Crippen LogP contribution in [0.25, 0.3) is 0 Å². The van der Waals surface area contributed by atoms with Crippen molar-refractivity contribution in [2.45, 2.75) is 38.6 Å². The molecule has 3 N–H and O–H groups in total. The summed E-state index contributed by atoms with van der Waals surface area (Å²) >= 11 is 0. The number of hydrogen-bond donors (Lipinski definition) is 3. The third-order valence-electron chi connectivity index (χ3n) is 3.93. The fraction of sp³-hybridized carbons (Fsp3) is 0.353. The predicted molar refractivity (Wildman–Crippen MR) is 83.3 cm³/mol. The third kappa shape index (κ3) is 3.08. The minimum Gasteiger partial charge on any atom is -0.494 e. The molecule has 1 heterocycles. The average molecular weight is 303 g/mol. The van der Waals surface area contributed by atoms with E-state index in [9.17, 15) is 15.0 Å². The number of carbonyl (C=O) groups is 1. The van der Waals surface area contributed by atoms with E-state index < -0.39 is 17.4 Å². The summed E-state index contributed by atoms with van der Waals surface area (Å²) < 4.78 is 1.47. The Kier molecular flexibility index (Phi) is 4.17. The summed E-state index contributed by atoms with van der Waals surface area (Å²) in [6.45, 7) is 5.48. The van der Waals surface area contributed by atoms with E-state index in [-0.39, 0.29) is 11.8 Å². The van der Waals surface area contributed by atoms with Gasteiger partial charge in [-0.05, 0) is 38.3 Å². The highest BCUT2D eigenvalue weighted by Crippen LogP contribution is 2.33.